The van der Waals surface area contributed by atoms with Gasteiger partial charge in [-0.25, -0.2) is 0 Å². The molecule has 148 valence electrons. The molecule has 0 radical (unpaired) electrons. The zero-order chi connectivity index (χ0) is 20.1. The van der Waals surface area contributed by atoms with Crippen molar-refractivity contribution in [2.24, 2.45) is 0 Å². The van der Waals surface area contributed by atoms with Gasteiger partial charge in [0.1, 0.15) is 0 Å². The van der Waals surface area contributed by atoms with Gasteiger partial charge in [-0.05, 0) is 56.4 Å². The Morgan fingerprint density at radius 1 is 1.14 bits per heavy atom. The van der Waals surface area contributed by atoms with Gasteiger partial charge in [-0.15, -0.1) is 11.3 Å². The summed E-state index contributed by atoms with van der Waals surface area (Å²) in [6.07, 6.45) is 5.41. The van der Waals surface area contributed by atoms with Gasteiger partial charge in [0.05, 0.1) is 16.4 Å². The summed E-state index contributed by atoms with van der Waals surface area (Å²) >= 11 is 1.45. The maximum absolute atomic E-state index is 12.4. The van der Waals surface area contributed by atoms with Crippen LogP contribution in [0.15, 0.2) is 24.3 Å². The largest absolute Gasteiger partial charge is 0.487 e. The SMILES string of the molecule is CCOc1ccc(C(=O)NNC(=O)c2cc3c(s2)CCCCC3)cc1[N+](=O)[O-]. The van der Waals surface area contributed by atoms with Crippen molar-refractivity contribution in [3.8, 4) is 5.75 Å². The molecule has 0 saturated carbocycles. The number of nitro benzene ring substituents is 1. The Bertz CT molecular complexity index is 885. The molecule has 2 N–H and O–H groups in total. The van der Waals surface area contributed by atoms with Gasteiger partial charge in [-0.3, -0.25) is 30.6 Å². The lowest BCUT2D eigenvalue weighted by Crippen LogP contribution is -2.41. The highest BCUT2D eigenvalue weighted by Crippen LogP contribution is 2.29. The number of thiophene rings is 1. The second-order valence-corrected chi connectivity index (χ2v) is 7.54. The lowest BCUT2D eigenvalue weighted by atomic mass is 10.1. The minimum Gasteiger partial charge on any atom is -0.487 e. The average Bonchev–Trinajstić information content (AvgIpc) is 2.97. The number of hydrogen-bond donors (Lipinski definition) is 2. The number of amides is 2. The van der Waals surface area contributed by atoms with Crippen LogP contribution in [0.3, 0.4) is 0 Å². The first-order valence-corrected chi connectivity index (χ1v) is 9.94. The normalized spacial score (nSPS) is 13.2. The molecule has 2 aromatic rings. The van der Waals surface area contributed by atoms with Crippen LogP contribution in [0.1, 0.15) is 56.7 Å². The van der Waals surface area contributed by atoms with Crippen LogP contribution in [-0.2, 0) is 12.8 Å². The molecule has 1 aliphatic rings. The molecule has 0 saturated heterocycles. The molecule has 0 bridgehead atoms. The molecule has 8 nitrogen and oxygen atoms in total. The second-order valence-electron chi connectivity index (χ2n) is 6.40. The fourth-order valence-corrected chi connectivity index (χ4v) is 4.25. The number of benzene rings is 1. The lowest BCUT2D eigenvalue weighted by Gasteiger charge is -2.08. The quantitative estimate of drug-likeness (QED) is 0.452. The van der Waals surface area contributed by atoms with Gasteiger partial charge in [0.15, 0.2) is 5.75 Å². The van der Waals surface area contributed by atoms with Crippen LogP contribution in [0.5, 0.6) is 5.75 Å². The van der Waals surface area contributed by atoms with Crippen LogP contribution in [0, 0.1) is 10.1 Å². The van der Waals surface area contributed by atoms with Gasteiger partial charge in [0, 0.05) is 16.5 Å². The predicted octanol–water partition coefficient (Wildman–Crippen LogP) is 3.40. The van der Waals surface area contributed by atoms with Gasteiger partial charge in [0.25, 0.3) is 11.8 Å². The van der Waals surface area contributed by atoms with Crippen LogP contribution in [0.2, 0.25) is 0 Å². The van der Waals surface area contributed by atoms with E-state index in [1.165, 1.54) is 40.3 Å². The van der Waals surface area contributed by atoms with E-state index in [0.29, 0.717) is 4.88 Å². The second kappa shape index (κ2) is 8.83. The Morgan fingerprint density at radius 3 is 2.64 bits per heavy atom. The van der Waals surface area contributed by atoms with E-state index in [-0.39, 0.29) is 23.6 Å². The fraction of sp³-hybridized carbons (Fsp3) is 0.368. The van der Waals surface area contributed by atoms with E-state index in [0.717, 1.165) is 31.7 Å². The molecule has 28 heavy (non-hydrogen) atoms. The maximum atomic E-state index is 12.4. The minimum absolute atomic E-state index is 0.0532. The van der Waals surface area contributed by atoms with Crippen molar-refractivity contribution in [2.75, 3.05) is 6.61 Å². The summed E-state index contributed by atoms with van der Waals surface area (Å²) < 4.78 is 5.20. The van der Waals surface area contributed by atoms with E-state index in [1.807, 2.05) is 6.07 Å². The van der Waals surface area contributed by atoms with Crippen LogP contribution in [0.25, 0.3) is 0 Å². The van der Waals surface area contributed by atoms with E-state index in [2.05, 4.69) is 10.9 Å². The summed E-state index contributed by atoms with van der Waals surface area (Å²) in [6, 6.07) is 5.79. The number of hydrazine groups is 1. The van der Waals surface area contributed by atoms with Gasteiger partial charge >= 0.3 is 5.69 Å². The highest BCUT2D eigenvalue weighted by atomic mass is 32.1. The van der Waals surface area contributed by atoms with E-state index < -0.39 is 16.7 Å². The van der Waals surface area contributed by atoms with Crippen molar-refractivity contribution in [3.05, 3.63) is 55.3 Å². The lowest BCUT2D eigenvalue weighted by molar-refractivity contribution is -0.385. The van der Waals surface area contributed by atoms with Crippen molar-refractivity contribution in [1.82, 2.24) is 10.9 Å². The van der Waals surface area contributed by atoms with Gasteiger partial charge in [-0.2, -0.15) is 0 Å². The van der Waals surface area contributed by atoms with E-state index in [1.54, 1.807) is 6.92 Å². The number of aryl methyl sites for hydroxylation is 2. The molecule has 1 aliphatic carbocycles. The van der Waals surface area contributed by atoms with E-state index in [9.17, 15) is 19.7 Å². The predicted molar refractivity (Wildman–Crippen MR) is 105 cm³/mol. The molecular formula is C19H21N3O5S. The van der Waals surface area contributed by atoms with Crippen LogP contribution in [0.4, 0.5) is 5.69 Å². The molecular weight excluding hydrogens is 382 g/mol. The highest BCUT2D eigenvalue weighted by molar-refractivity contribution is 7.14. The van der Waals surface area contributed by atoms with Crippen molar-refractivity contribution in [1.29, 1.82) is 0 Å². The molecule has 3 rings (SSSR count). The first-order chi connectivity index (χ1) is 13.5. The average molecular weight is 403 g/mol. The van der Waals surface area contributed by atoms with Gasteiger partial charge < -0.3 is 4.74 Å². The smallest absolute Gasteiger partial charge is 0.311 e. The highest BCUT2D eigenvalue weighted by Gasteiger charge is 2.20. The molecule has 0 atom stereocenters. The maximum Gasteiger partial charge on any atom is 0.311 e. The number of fused-ring (bicyclic) bond motifs is 1. The number of nitro groups is 1. The molecule has 0 spiro atoms. The van der Waals surface area contributed by atoms with Crippen molar-refractivity contribution >= 4 is 28.8 Å². The molecule has 0 unspecified atom stereocenters. The Kier molecular flexibility index (Phi) is 6.25. The summed E-state index contributed by atoms with van der Waals surface area (Å²) in [7, 11) is 0. The first-order valence-electron chi connectivity index (χ1n) is 9.13. The summed E-state index contributed by atoms with van der Waals surface area (Å²) in [5.41, 5.74) is 5.65. The van der Waals surface area contributed by atoms with Crippen molar-refractivity contribution < 1.29 is 19.2 Å². The number of carbonyl (C=O) groups excluding carboxylic acids is 2. The summed E-state index contributed by atoms with van der Waals surface area (Å²) in [6.45, 7) is 1.98. The Morgan fingerprint density at radius 2 is 1.89 bits per heavy atom. The molecule has 1 aromatic heterocycles. The topological polar surface area (TPSA) is 111 Å². The third-order valence-electron chi connectivity index (χ3n) is 4.48. The molecule has 0 aliphatic heterocycles. The number of rotatable bonds is 5. The monoisotopic (exact) mass is 403 g/mol. The van der Waals surface area contributed by atoms with Crippen molar-refractivity contribution in [2.45, 2.75) is 39.0 Å². The number of nitrogens with zero attached hydrogens (tertiary/aromatic N) is 1. The van der Waals surface area contributed by atoms with Crippen LogP contribution >= 0.6 is 11.3 Å². The fourth-order valence-electron chi connectivity index (χ4n) is 3.11. The Balaban J connectivity index is 1.66. The van der Waals surface area contributed by atoms with Gasteiger partial charge in [0.2, 0.25) is 0 Å². The zero-order valence-corrected chi connectivity index (χ0v) is 16.3. The zero-order valence-electron chi connectivity index (χ0n) is 15.4. The third-order valence-corrected chi connectivity index (χ3v) is 5.71. The number of ether oxygens (including phenoxy) is 1. The molecule has 9 heteroatoms. The Hall–Kier alpha value is -2.94. The Labute approximate surface area is 166 Å². The van der Waals surface area contributed by atoms with Crippen LogP contribution < -0.4 is 15.6 Å². The molecule has 2 amide bonds. The molecule has 0 fully saturated rings. The minimum atomic E-state index is -0.641. The summed E-state index contributed by atoms with van der Waals surface area (Å²) in [5, 5.41) is 11.2. The number of nitrogens with one attached hydrogen (secondary N) is 2. The number of carbonyl (C=O) groups is 2. The first kappa shape index (κ1) is 19.8. The van der Waals surface area contributed by atoms with E-state index >= 15 is 0 Å². The van der Waals surface area contributed by atoms with E-state index in [4.69, 9.17) is 4.74 Å². The summed E-state index contributed by atoms with van der Waals surface area (Å²) in [4.78, 5) is 37.0. The number of hydrogen-bond acceptors (Lipinski definition) is 6. The van der Waals surface area contributed by atoms with Crippen LogP contribution in [-0.4, -0.2) is 23.3 Å². The molecule has 1 heterocycles. The standard InChI is InChI=1S/C19H21N3O5S/c1-2-27-15-9-8-13(10-14(15)22(25)26)18(23)20-21-19(24)17-11-12-6-4-3-5-7-16(12)28-17/h8-11H,2-7H2,1H3,(H,20,23)(H,21,24). The van der Waals surface area contributed by atoms with Gasteiger partial charge in [-0.1, -0.05) is 6.42 Å². The molecule has 1 aromatic carbocycles. The third kappa shape index (κ3) is 4.48. The summed E-state index contributed by atoms with van der Waals surface area (Å²) in [5.74, 6) is -0.947. The van der Waals surface area contributed by atoms with Crippen molar-refractivity contribution in [3.63, 3.8) is 0 Å².